The van der Waals surface area contributed by atoms with Gasteiger partial charge in [-0.2, -0.15) is 0 Å². The second kappa shape index (κ2) is 9.57. The van der Waals surface area contributed by atoms with Crippen molar-refractivity contribution in [1.29, 1.82) is 0 Å². The molecule has 0 spiro atoms. The SMILES string of the molecule is O=C(Nc1ccc2cc(Cl)ccc2n1)C1CCC(C(=O)Nc2ccc3cc(Cl)ccc3n2)CC1. The molecule has 0 radical (unpaired) electrons. The van der Waals surface area contributed by atoms with Crippen LogP contribution in [0.25, 0.3) is 21.8 Å². The molecule has 1 aliphatic carbocycles. The monoisotopic (exact) mass is 492 g/mol. The molecule has 0 atom stereocenters. The van der Waals surface area contributed by atoms with Crippen LogP contribution in [0.2, 0.25) is 10.0 Å². The summed E-state index contributed by atoms with van der Waals surface area (Å²) in [4.78, 5) is 34.6. The average Bonchev–Trinajstić information content (AvgIpc) is 2.84. The molecule has 0 saturated heterocycles. The van der Waals surface area contributed by atoms with Crippen LogP contribution in [0.3, 0.4) is 0 Å². The van der Waals surface area contributed by atoms with E-state index in [0.29, 0.717) is 47.4 Å². The molecule has 34 heavy (non-hydrogen) atoms. The molecule has 1 fully saturated rings. The molecule has 1 aliphatic rings. The Labute approximate surface area is 206 Å². The summed E-state index contributed by atoms with van der Waals surface area (Å²) in [5.74, 6) is 0.626. The summed E-state index contributed by atoms with van der Waals surface area (Å²) in [7, 11) is 0. The number of fused-ring (bicyclic) bond motifs is 2. The van der Waals surface area contributed by atoms with E-state index in [0.717, 1.165) is 21.8 Å². The van der Waals surface area contributed by atoms with Crippen molar-refractivity contribution in [3.8, 4) is 0 Å². The van der Waals surface area contributed by atoms with Gasteiger partial charge in [-0.1, -0.05) is 23.2 Å². The van der Waals surface area contributed by atoms with Crippen LogP contribution >= 0.6 is 23.2 Å². The molecule has 6 nitrogen and oxygen atoms in total. The van der Waals surface area contributed by atoms with Crippen LogP contribution < -0.4 is 10.6 Å². The fourth-order valence-corrected chi connectivity index (χ4v) is 4.77. The minimum Gasteiger partial charge on any atom is -0.310 e. The van der Waals surface area contributed by atoms with Crippen molar-refractivity contribution in [2.45, 2.75) is 25.7 Å². The second-order valence-corrected chi connectivity index (χ2v) is 9.47. The third kappa shape index (κ3) is 4.98. The van der Waals surface area contributed by atoms with E-state index in [9.17, 15) is 9.59 Å². The van der Waals surface area contributed by atoms with Gasteiger partial charge in [0.2, 0.25) is 11.8 Å². The molecule has 8 heteroatoms. The topological polar surface area (TPSA) is 84.0 Å². The first-order valence-corrected chi connectivity index (χ1v) is 11.9. The third-order valence-electron chi connectivity index (χ3n) is 6.27. The highest BCUT2D eigenvalue weighted by atomic mass is 35.5. The van der Waals surface area contributed by atoms with Gasteiger partial charge in [0, 0.05) is 32.7 Å². The Morgan fingerprint density at radius 2 is 1.06 bits per heavy atom. The average molecular weight is 493 g/mol. The number of nitrogens with one attached hydrogen (secondary N) is 2. The molecule has 4 aromatic rings. The van der Waals surface area contributed by atoms with E-state index in [-0.39, 0.29) is 23.7 Å². The molecule has 2 heterocycles. The van der Waals surface area contributed by atoms with Crippen LogP contribution in [0.15, 0.2) is 60.7 Å². The Morgan fingerprint density at radius 3 is 1.47 bits per heavy atom. The zero-order valence-electron chi connectivity index (χ0n) is 18.2. The number of hydrogen-bond acceptors (Lipinski definition) is 4. The normalized spacial score (nSPS) is 18.1. The van der Waals surface area contributed by atoms with Gasteiger partial charge in [0.1, 0.15) is 11.6 Å². The van der Waals surface area contributed by atoms with Crippen LogP contribution in [0.4, 0.5) is 11.6 Å². The van der Waals surface area contributed by atoms with Gasteiger partial charge in [0.25, 0.3) is 0 Å². The number of carbonyl (C=O) groups excluding carboxylic acids is 2. The molecular weight excluding hydrogens is 471 g/mol. The molecular formula is C26H22Cl2N4O2. The number of benzene rings is 2. The standard InChI is InChI=1S/C26H22Cl2N4O2/c27-19-7-9-21-17(13-19)5-11-23(29-21)31-25(33)15-1-2-16(4-3-15)26(34)32-24-12-6-18-14-20(28)8-10-22(18)30-24/h5-16H,1-4H2,(H,29,31,33)(H,30,32,34). The molecule has 2 aromatic carbocycles. The number of anilines is 2. The summed E-state index contributed by atoms with van der Waals surface area (Å²) in [6.07, 6.45) is 2.60. The first-order valence-electron chi connectivity index (χ1n) is 11.2. The number of amides is 2. The van der Waals surface area contributed by atoms with Gasteiger partial charge in [-0.25, -0.2) is 9.97 Å². The fraction of sp³-hybridized carbons (Fsp3) is 0.231. The zero-order chi connectivity index (χ0) is 23.7. The number of halogens is 2. The Balaban J connectivity index is 1.16. The molecule has 2 amide bonds. The molecule has 5 rings (SSSR count). The summed E-state index contributed by atoms with van der Waals surface area (Å²) < 4.78 is 0. The predicted octanol–water partition coefficient (Wildman–Crippen LogP) is 6.47. The van der Waals surface area contributed by atoms with Gasteiger partial charge in [-0.3, -0.25) is 9.59 Å². The molecule has 2 aromatic heterocycles. The highest BCUT2D eigenvalue weighted by molar-refractivity contribution is 6.31. The predicted molar refractivity (Wildman–Crippen MR) is 136 cm³/mol. The minimum absolute atomic E-state index is 0.0606. The minimum atomic E-state index is -0.143. The quantitative estimate of drug-likeness (QED) is 0.341. The summed E-state index contributed by atoms with van der Waals surface area (Å²) in [5, 5.41) is 8.97. The van der Waals surface area contributed by atoms with Gasteiger partial charge in [0.15, 0.2) is 0 Å². The maximum atomic E-state index is 12.8. The van der Waals surface area contributed by atoms with E-state index in [1.807, 2.05) is 36.4 Å². The zero-order valence-corrected chi connectivity index (χ0v) is 19.7. The summed E-state index contributed by atoms with van der Waals surface area (Å²) in [6, 6.07) is 18.2. The van der Waals surface area contributed by atoms with Crippen molar-refractivity contribution in [2.24, 2.45) is 11.8 Å². The molecule has 172 valence electrons. The molecule has 0 unspecified atom stereocenters. The first-order chi connectivity index (χ1) is 16.4. The fourth-order valence-electron chi connectivity index (χ4n) is 4.41. The third-order valence-corrected chi connectivity index (χ3v) is 6.74. The van der Waals surface area contributed by atoms with Crippen LogP contribution in [-0.2, 0) is 9.59 Å². The van der Waals surface area contributed by atoms with Gasteiger partial charge in [-0.05, 0) is 86.3 Å². The summed E-state index contributed by atoms with van der Waals surface area (Å²) >= 11 is 12.0. The Bertz CT molecular complexity index is 1290. The summed E-state index contributed by atoms with van der Waals surface area (Å²) in [6.45, 7) is 0. The number of carbonyl (C=O) groups is 2. The highest BCUT2D eigenvalue weighted by Gasteiger charge is 2.30. The molecule has 0 bridgehead atoms. The van der Waals surface area contributed by atoms with Crippen LogP contribution in [-0.4, -0.2) is 21.8 Å². The lowest BCUT2D eigenvalue weighted by atomic mass is 9.81. The van der Waals surface area contributed by atoms with E-state index in [1.54, 1.807) is 24.3 Å². The van der Waals surface area contributed by atoms with Crippen molar-refractivity contribution in [1.82, 2.24) is 9.97 Å². The Morgan fingerprint density at radius 1 is 0.647 bits per heavy atom. The number of hydrogen-bond donors (Lipinski definition) is 2. The van der Waals surface area contributed by atoms with Crippen molar-refractivity contribution in [3.05, 3.63) is 70.7 Å². The molecule has 0 aliphatic heterocycles. The van der Waals surface area contributed by atoms with Crippen molar-refractivity contribution < 1.29 is 9.59 Å². The largest absolute Gasteiger partial charge is 0.310 e. The lowest BCUT2D eigenvalue weighted by molar-refractivity contribution is -0.125. The highest BCUT2D eigenvalue weighted by Crippen LogP contribution is 2.31. The lowest BCUT2D eigenvalue weighted by Gasteiger charge is -2.26. The van der Waals surface area contributed by atoms with Crippen molar-refractivity contribution in [2.75, 3.05) is 10.6 Å². The Hall–Kier alpha value is -3.22. The molecule has 2 N–H and O–H groups in total. The summed E-state index contributed by atoms with van der Waals surface area (Å²) in [5.41, 5.74) is 1.54. The maximum Gasteiger partial charge on any atom is 0.228 e. The van der Waals surface area contributed by atoms with Crippen molar-refractivity contribution in [3.63, 3.8) is 0 Å². The smallest absolute Gasteiger partial charge is 0.228 e. The van der Waals surface area contributed by atoms with E-state index in [2.05, 4.69) is 20.6 Å². The van der Waals surface area contributed by atoms with E-state index in [4.69, 9.17) is 23.2 Å². The van der Waals surface area contributed by atoms with Crippen LogP contribution in [0.1, 0.15) is 25.7 Å². The van der Waals surface area contributed by atoms with Crippen LogP contribution in [0.5, 0.6) is 0 Å². The van der Waals surface area contributed by atoms with E-state index >= 15 is 0 Å². The van der Waals surface area contributed by atoms with Gasteiger partial charge >= 0.3 is 0 Å². The van der Waals surface area contributed by atoms with Gasteiger partial charge in [-0.15, -0.1) is 0 Å². The number of nitrogens with zero attached hydrogens (tertiary/aromatic N) is 2. The number of aromatic nitrogens is 2. The maximum absolute atomic E-state index is 12.8. The second-order valence-electron chi connectivity index (χ2n) is 8.59. The van der Waals surface area contributed by atoms with Gasteiger partial charge < -0.3 is 10.6 Å². The Kier molecular flexibility index (Phi) is 6.35. The molecule has 1 saturated carbocycles. The number of rotatable bonds is 4. The van der Waals surface area contributed by atoms with E-state index < -0.39 is 0 Å². The first kappa shape index (κ1) is 22.6. The van der Waals surface area contributed by atoms with Gasteiger partial charge in [0.05, 0.1) is 11.0 Å². The van der Waals surface area contributed by atoms with Crippen molar-refractivity contribution >= 4 is 68.5 Å². The van der Waals surface area contributed by atoms with Crippen LogP contribution in [0, 0.1) is 11.8 Å². The number of pyridine rings is 2. The lowest BCUT2D eigenvalue weighted by Crippen LogP contribution is -2.32. The van der Waals surface area contributed by atoms with E-state index in [1.165, 1.54) is 0 Å².